The van der Waals surface area contributed by atoms with E-state index in [0.29, 0.717) is 6.42 Å². The molecule has 0 radical (unpaired) electrons. The number of cyclic esters (lactones) is 1. The summed E-state index contributed by atoms with van der Waals surface area (Å²) in [6.45, 7) is -0.0801. The summed E-state index contributed by atoms with van der Waals surface area (Å²) in [5, 5.41) is 9.06. The average molecular weight is 206 g/mol. The van der Waals surface area contributed by atoms with Crippen LogP contribution in [0.2, 0.25) is 0 Å². The van der Waals surface area contributed by atoms with Gasteiger partial charge in [0.05, 0.1) is 13.0 Å². The van der Waals surface area contributed by atoms with E-state index in [4.69, 9.17) is 9.84 Å². The largest absolute Gasteiger partial charge is 0.460 e. The zero-order valence-electron chi connectivity index (χ0n) is 8.43. The molecule has 0 aromatic heterocycles. The summed E-state index contributed by atoms with van der Waals surface area (Å²) in [6, 6.07) is 9.96. The number of benzene rings is 1. The molecule has 0 unspecified atom stereocenters. The van der Waals surface area contributed by atoms with Crippen molar-refractivity contribution in [3.63, 3.8) is 0 Å². The second-order valence-corrected chi connectivity index (χ2v) is 3.86. The Morgan fingerprint density at radius 1 is 1.33 bits per heavy atom. The zero-order chi connectivity index (χ0) is 10.7. The van der Waals surface area contributed by atoms with Crippen molar-refractivity contribution >= 4 is 5.97 Å². The van der Waals surface area contributed by atoms with Gasteiger partial charge in [0.15, 0.2) is 0 Å². The summed E-state index contributed by atoms with van der Waals surface area (Å²) in [6.07, 6.45) is 0.885. The lowest BCUT2D eigenvalue weighted by atomic mass is 9.93. The second-order valence-electron chi connectivity index (χ2n) is 3.86. The Kier molecular flexibility index (Phi) is 3.02. The number of aliphatic hydroxyl groups is 1. The highest BCUT2D eigenvalue weighted by molar-refractivity contribution is 5.72. The van der Waals surface area contributed by atoms with E-state index in [1.165, 1.54) is 5.56 Å². The molecule has 0 bridgehead atoms. The number of carbonyl (C=O) groups is 1. The van der Waals surface area contributed by atoms with Crippen molar-refractivity contribution in [1.29, 1.82) is 0 Å². The van der Waals surface area contributed by atoms with Crippen LogP contribution in [0.4, 0.5) is 0 Å². The Morgan fingerprint density at radius 3 is 2.73 bits per heavy atom. The maximum Gasteiger partial charge on any atom is 0.306 e. The molecular formula is C12H14O3. The highest BCUT2D eigenvalue weighted by Crippen LogP contribution is 2.25. The first kappa shape index (κ1) is 10.2. The summed E-state index contributed by atoms with van der Waals surface area (Å²) in [7, 11) is 0. The molecular weight excluding hydrogens is 192 g/mol. The third kappa shape index (κ3) is 2.36. The van der Waals surface area contributed by atoms with E-state index in [2.05, 4.69) is 0 Å². The van der Waals surface area contributed by atoms with Gasteiger partial charge in [0.2, 0.25) is 0 Å². The van der Waals surface area contributed by atoms with Crippen molar-refractivity contribution in [2.24, 2.45) is 5.92 Å². The molecule has 0 aliphatic carbocycles. The smallest absolute Gasteiger partial charge is 0.306 e. The lowest BCUT2D eigenvalue weighted by molar-refractivity contribution is -0.142. The fourth-order valence-electron chi connectivity index (χ4n) is 1.97. The third-order valence-corrected chi connectivity index (χ3v) is 2.76. The van der Waals surface area contributed by atoms with Gasteiger partial charge in [-0.25, -0.2) is 0 Å². The fraction of sp³-hybridized carbons (Fsp3) is 0.417. The molecule has 1 aliphatic heterocycles. The Morgan fingerprint density at radius 2 is 2.07 bits per heavy atom. The Labute approximate surface area is 88.7 Å². The quantitative estimate of drug-likeness (QED) is 0.755. The van der Waals surface area contributed by atoms with Gasteiger partial charge in [-0.05, 0) is 12.0 Å². The van der Waals surface area contributed by atoms with Crippen LogP contribution in [0.3, 0.4) is 0 Å². The summed E-state index contributed by atoms with van der Waals surface area (Å²) in [4.78, 5) is 11.1. The topological polar surface area (TPSA) is 46.5 Å². The molecule has 0 spiro atoms. The third-order valence-electron chi connectivity index (χ3n) is 2.76. The Bertz CT molecular complexity index is 334. The summed E-state index contributed by atoms with van der Waals surface area (Å²) in [5.41, 5.74) is 1.18. The van der Waals surface area contributed by atoms with Crippen LogP contribution in [0.25, 0.3) is 0 Å². The first-order chi connectivity index (χ1) is 7.29. The summed E-state index contributed by atoms with van der Waals surface area (Å²) < 4.78 is 5.01. The summed E-state index contributed by atoms with van der Waals surface area (Å²) >= 11 is 0. The van der Waals surface area contributed by atoms with Crippen LogP contribution < -0.4 is 0 Å². The molecule has 1 aromatic rings. The van der Waals surface area contributed by atoms with E-state index < -0.39 is 0 Å². The van der Waals surface area contributed by atoms with E-state index in [0.717, 1.165) is 6.42 Å². The van der Waals surface area contributed by atoms with E-state index in [1.807, 2.05) is 30.3 Å². The lowest BCUT2D eigenvalue weighted by Crippen LogP contribution is -2.22. The van der Waals surface area contributed by atoms with Crippen molar-refractivity contribution in [3.05, 3.63) is 35.9 Å². The molecule has 1 aliphatic rings. The molecule has 3 nitrogen and oxygen atoms in total. The van der Waals surface area contributed by atoms with Crippen LogP contribution in [0, 0.1) is 5.92 Å². The minimum absolute atomic E-state index is 0.0801. The van der Waals surface area contributed by atoms with Crippen molar-refractivity contribution in [2.75, 3.05) is 6.61 Å². The molecule has 2 atom stereocenters. The molecule has 1 saturated heterocycles. The van der Waals surface area contributed by atoms with Gasteiger partial charge in [0, 0.05) is 5.92 Å². The van der Waals surface area contributed by atoms with E-state index in [-0.39, 0.29) is 24.6 Å². The van der Waals surface area contributed by atoms with Crippen LogP contribution in [0.15, 0.2) is 30.3 Å². The van der Waals surface area contributed by atoms with Gasteiger partial charge in [0.1, 0.15) is 6.10 Å². The van der Waals surface area contributed by atoms with Crippen LogP contribution in [0.5, 0.6) is 0 Å². The molecule has 1 aromatic carbocycles. The van der Waals surface area contributed by atoms with Crippen molar-refractivity contribution in [2.45, 2.75) is 18.9 Å². The number of aliphatic hydroxyl groups excluding tert-OH is 1. The maximum atomic E-state index is 11.1. The van der Waals surface area contributed by atoms with Crippen LogP contribution in [-0.2, 0) is 16.0 Å². The van der Waals surface area contributed by atoms with Crippen LogP contribution in [-0.4, -0.2) is 23.8 Å². The number of hydrogen-bond donors (Lipinski definition) is 1. The zero-order valence-corrected chi connectivity index (χ0v) is 8.43. The van der Waals surface area contributed by atoms with Gasteiger partial charge in [-0.3, -0.25) is 4.79 Å². The molecule has 1 fully saturated rings. The van der Waals surface area contributed by atoms with Gasteiger partial charge in [-0.2, -0.15) is 0 Å². The van der Waals surface area contributed by atoms with E-state index in [9.17, 15) is 4.79 Å². The fourth-order valence-corrected chi connectivity index (χ4v) is 1.97. The molecule has 0 amide bonds. The highest BCUT2D eigenvalue weighted by atomic mass is 16.6. The number of rotatable bonds is 3. The van der Waals surface area contributed by atoms with Crippen molar-refractivity contribution < 1.29 is 14.6 Å². The minimum Gasteiger partial charge on any atom is -0.460 e. The molecule has 1 N–H and O–H groups in total. The molecule has 15 heavy (non-hydrogen) atoms. The van der Waals surface area contributed by atoms with Crippen molar-refractivity contribution in [1.82, 2.24) is 0 Å². The highest BCUT2D eigenvalue weighted by Gasteiger charge is 2.33. The second kappa shape index (κ2) is 4.45. The van der Waals surface area contributed by atoms with Gasteiger partial charge in [-0.1, -0.05) is 30.3 Å². The average Bonchev–Trinajstić information content (AvgIpc) is 2.60. The van der Waals surface area contributed by atoms with Crippen LogP contribution >= 0.6 is 0 Å². The lowest BCUT2D eigenvalue weighted by Gasteiger charge is -2.14. The number of carbonyl (C=O) groups excluding carboxylic acids is 1. The standard InChI is InChI=1S/C12H14O3/c13-8-11-10(7-12(14)15-11)6-9-4-2-1-3-5-9/h1-5,10-11,13H,6-8H2/t10-,11-/m1/s1. The Balaban J connectivity index is 2.03. The number of esters is 1. The van der Waals surface area contributed by atoms with Gasteiger partial charge < -0.3 is 9.84 Å². The van der Waals surface area contributed by atoms with E-state index in [1.54, 1.807) is 0 Å². The van der Waals surface area contributed by atoms with E-state index >= 15 is 0 Å². The first-order valence-electron chi connectivity index (χ1n) is 5.14. The predicted octanol–water partition coefficient (Wildman–Crippen LogP) is 1.15. The van der Waals surface area contributed by atoms with Gasteiger partial charge in [-0.15, -0.1) is 0 Å². The molecule has 0 saturated carbocycles. The Hall–Kier alpha value is -1.35. The number of ether oxygens (including phenoxy) is 1. The SMILES string of the molecule is O=C1C[C@@H](Cc2ccccc2)[C@@H](CO)O1. The predicted molar refractivity (Wildman–Crippen MR) is 55.2 cm³/mol. The summed E-state index contributed by atoms with van der Waals surface area (Å²) in [5.74, 6) is -0.0834. The minimum atomic E-state index is -0.322. The molecule has 1 heterocycles. The monoisotopic (exact) mass is 206 g/mol. The number of hydrogen-bond acceptors (Lipinski definition) is 3. The first-order valence-corrected chi connectivity index (χ1v) is 5.14. The van der Waals surface area contributed by atoms with Crippen LogP contribution in [0.1, 0.15) is 12.0 Å². The molecule has 80 valence electrons. The van der Waals surface area contributed by atoms with Gasteiger partial charge in [0.25, 0.3) is 0 Å². The van der Waals surface area contributed by atoms with Crippen molar-refractivity contribution in [3.8, 4) is 0 Å². The molecule has 3 heteroatoms. The van der Waals surface area contributed by atoms with Gasteiger partial charge >= 0.3 is 5.97 Å². The maximum absolute atomic E-state index is 11.1. The normalized spacial score (nSPS) is 25.3. The molecule has 2 rings (SSSR count).